The molecular formula is C23H24N2O6S. The van der Waals surface area contributed by atoms with Crippen LogP contribution in [0.2, 0.25) is 0 Å². The van der Waals surface area contributed by atoms with Crippen molar-refractivity contribution < 1.29 is 27.4 Å². The minimum atomic E-state index is -3.80. The molecule has 1 N–H and O–H groups in total. The first kappa shape index (κ1) is 23.0. The Labute approximate surface area is 187 Å². The Morgan fingerprint density at radius 1 is 0.875 bits per heavy atom. The zero-order valence-electron chi connectivity index (χ0n) is 17.9. The fourth-order valence-electron chi connectivity index (χ4n) is 2.97. The SMILES string of the molecule is COc1ccc(N(CC(=O)Nc2ccccc2Oc2ccccc2)S(C)(=O)=O)c(OC)c1. The fraction of sp³-hybridized carbons (Fsp3) is 0.174. The molecule has 0 aromatic heterocycles. The van der Waals surface area contributed by atoms with Gasteiger partial charge in [0.2, 0.25) is 15.9 Å². The standard InChI is InChI=1S/C23H24N2O6S/c1-29-18-13-14-20(22(15-18)30-2)25(32(3,27)28)16-23(26)24-19-11-7-8-12-21(19)31-17-9-5-4-6-10-17/h4-15H,16H2,1-3H3,(H,24,26). The topological polar surface area (TPSA) is 94.2 Å². The predicted octanol–water partition coefficient (Wildman–Crippen LogP) is 3.90. The van der Waals surface area contributed by atoms with Gasteiger partial charge in [0.25, 0.3) is 0 Å². The summed E-state index contributed by atoms with van der Waals surface area (Å²) in [5, 5.41) is 2.73. The predicted molar refractivity (Wildman–Crippen MR) is 123 cm³/mol. The van der Waals surface area contributed by atoms with Gasteiger partial charge in [0.15, 0.2) is 5.75 Å². The molecule has 0 aliphatic heterocycles. The van der Waals surface area contributed by atoms with Crippen LogP contribution in [0.15, 0.2) is 72.8 Å². The fourth-order valence-corrected chi connectivity index (χ4v) is 3.83. The van der Waals surface area contributed by atoms with Crippen LogP contribution in [0, 0.1) is 0 Å². The highest BCUT2D eigenvalue weighted by Gasteiger charge is 2.25. The molecule has 1 amide bonds. The van der Waals surface area contributed by atoms with E-state index >= 15 is 0 Å². The zero-order valence-corrected chi connectivity index (χ0v) is 18.8. The molecule has 3 aromatic carbocycles. The van der Waals surface area contributed by atoms with E-state index in [9.17, 15) is 13.2 Å². The summed E-state index contributed by atoms with van der Waals surface area (Å²) in [4.78, 5) is 12.8. The van der Waals surface area contributed by atoms with Gasteiger partial charge in [-0.15, -0.1) is 0 Å². The summed E-state index contributed by atoms with van der Waals surface area (Å²) in [6, 6.07) is 20.7. The average Bonchev–Trinajstić information content (AvgIpc) is 2.78. The van der Waals surface area contributed by atoms with Gasteiger partial charge in [-0.1, -0.05) is 30.3 Å². The second kappa shape index (κ2) is 10.1. The van der Waals surface area contributed by atoms with Gasteiger partial charge in [-0.25, -0.2) is 8.42 Å². The lowest BCUT2D eigenvalue weighted by Gasteiger charge is -2.24. The minimum Gasteiger partial charge on any atom is -0.497 e. The number of anilines is 2. The summed E-state index contributed by atoms with van der Waals surface area (Å²) in [5.41, 5.74) is 0.635. The van der Waals surface area contributed by atoms with Crippen LogP contribution in [-0.2, 0) is 14.8 Å². The van der Waals surface area contributed by atoms with Crippen LogP contribution in [0.4, 0.5) is 11.4 Å². The molecule has 0 heterocycles. The summed E-state index contributed by atoms with van der Waals surface area (Å²) in [7, 11) is -0.892. The highest BCUT2D eigenvalue weighted by atomic mass is 32.2. The van der Waals surface area contributed by atoms with Crippen LogP contribution in [-0.4, -0.2) is 41.3 Å². The molecule has 3 rings (SSSR count). The molecule has 8 nitrogen and oxygen atoms in total. The van der Waals surface area contributed by atoms with Gasteiger partial charge in [-0.05, 0) is 36.4 Å². The van der Waals surface area contributed by atoms with Gasteiger partial charge in [-0.3, -0.25) is 9.10 Å². The lowest BCUT2D eigenvalue weighted by molar-refractivity contribution is -0.114. The largest absolute Gasteiger partial charge is 0.497 e. The maximum absolute atomic E-state index is 12.8. The number of hydrogen-bond donors (Lipinski definition) is 1. The number of amides is 1. The first-order valence-corrected chi connectivity index (χ1v) is 11.5. The minimum absolute atomic E-state index is 0.222. The Bertz CT molecular complexity index is 1180. The molecule has 0 bridgehead atoms. The molecule has 0 spiro atoms. The first-order chi connectivity index (χ1) is 15.3. The number of nitrogens with one attached hydrogen (secondary N) is 1. The van der Waals surface area contributed by atoms with Crippen molar-refractivity contribution in [2.75, 3.05) is 36.6 Å². The van der Waals surface area contributed by atoms with E-state index in [4.69, 9.17) is 14.2 Å². The van der Waals surface area contributed by atoms with Crippen molar-refractivity contribution in [3.63, 3.8) is 0 Å². The van der Waals surface area contributed by atoms with Crippen LogP contribution >= 0.6 is 0 Å². The van der Waals surface area contributed by atoms with Crippen LogP contribution in [0.25, 0.3) is 0 Å². The molecule has 32 heavy (non-hydrogen) atoms. The number of nitrogens with zero attached hydrogens (tertiary/aromatic N) is 1. The Balaban J connectivity index is 1.84. The summed E-state index contributed by atoms with van der Waals surface area (Å²) < 4.78 is 42.3. The van der Waals surface area contributed by atoms with E-state index in [-0.39, 0.29) is 11.4 Å². The number of rotatable bonds is 9. The van der Waals surface area contributed by atoms with Crippen molar-refractivity contribution in [1.29, 1.82) is 0 Å². The van der Waals surface area contributed by atoms with Crippen molar-refractivity contribution in [2.45, 2.75) is 0 Å². The van der Waals surface area contributed by atoms with Crippen molar-refractivity contribution >= 4 is 27.3 Å². The number of carbonyl (C=O) groups is 1. The molecule has 0 atom stereocenters. The summed E-state index contributed by atoms with van der Waals surface area (Å²) >= 11 is 0. The normalized spacial score (nSPS) is 10.8. The zero-order chi connectivity index (χ0) is 23.1. The van der Waals surface area contributed by atoms with Crippen molar-refractivity contribution in [3.8, 4) is 23.0 Å². The van der Waals surface area contributed by atoms with Crippen molar-refractivity contribution in [1.82, 2.24) is 0 Å². The molecule has 0 radical (unpaired) electrons. The monoisotopic (exact) mass is 456 g/mol. The molecule has 168 valence electrons. The molecule has 0 aliphatic carbocycles. The number of para-hydroxylation sites is 3. The van der Waals surface area contributed by atoms with E-state index in [0.29, 0.717) is 22.9 Å². The number of benzene rings is 3. The Morgan fingerprint density at radius 3 is 2.22 bits per heavy atom. The van der Waals surface area contributed by atoms with Crippen LogP contribution in [0.5, 0.6) is 23.0 Å². The Kier molecular flexibility index (Phi) is 7.21. The summed E-state index contributed by atoms with van der Waals surface area (Å²) in [6.45, 7) is -0.457. The third-order valence-corrected chi connectivity index (χ3v) is 5.60. The van der Waals surface area contributed by atoms with Crippen LogP contribution in [0.3, 0.4) is 0 Å². The molecule has 9 heteroatoms. The van der Waals surface area contributed by atoms with Crippen molar-refractivity contribution in [2.24, 2.45) is 0 Å². The molecular weight excluding hydrogens is 432 g/mol. The van der Waals surface area contributed by atoms with E-state index in [2.05, 4.69) is 5.32 Å². The van der Waals surface area contributed by atoms with E-state index in [1.165, 1.54) is 20.3 Å². The molecule has 0 fully saturated rings. The maximum atomic E-state index is 12.8. The lowest BCUT2D eigenvalue weighted by Crippen LogP contribution is -2.37. The number of methoxy groups -OCH3 is 2. The van der Waals surface area contributed by atoms with Crippen LogP contribution < -0.4 is 23.8 Å². The molecule has 3 aromatic rings. The lowest BCUT2D eigenvalue weighted by atomic mass is 10.2. The third-order valence-electron chi connectivity index (χ3n) is 4.48. The van der Waals surface area contributed by atoms with Crippen LogP contribution in [0.1, 0.15) is 0 Å². The first-order valence-electron chi connectivity index (χ1n) is 9.63. The van der Waals surface area contributed by atoms with E-state index in [1.807, 2.05) is 18.2 Å². The van der Waals surface area contributed by atoms with Gasteiger partial charge in [-0.2, -0.15) is 0 Å². The van der Waals surface area contributed by atoms with E-state index in [0.717, 1.165) is 10.6 Å². The quantitative estimate of drug-likeness (QED) is 0.525. The summed E-state index contributed by atoms with van der Waals surface area (Å²) in [5.74, 6) is 1.25. The highest BCUT2D eigenvalue weighted by Crippen LogP contribution is 2.34. The third kappa shape index (κ3) is 5.70. The number of hydrogen-bond acceptors (Lipinski definition) is 6. The second-order valence-electron chi connectivity index (χ2n) is 6.77. The Hall–Kier alpha value is -3.72. The van der Waals surface area contributed by atoms with Gasteiger partial charge in [0, 0.05) is 6.07 Å². The highest BCUT2D eigenvalue weighted by molar-refractivity contribution is 7.92. The summed E-state index contributed by atoms with van der Waals surface area (Å²) in [6.07, 6.45) is 1.02. The van der Waals surface area contributed by atoms with E-state index in [1.54, 1.807) is 48.5 Å². The number of ether oxygens (including phenoxy) is 3. The second-order valence-corrected chi connectivity index (χ2v) is 8.67. The van der Waals surface area contributed by atoms with Gasteiger partial charge < -0.3 is 19.5 Å². The molecule has 0 saturated heterocycles. The number of carbonyl (C=O) groups excluding carboxylic acids is 1. The van der Waals surface area contributed by atoms with Gasteiger partial charge in [0.1, 0.15) is 23.8 Å². The van der Waals surface area contributed by atoms with Gasteiger partial charge in [0.05, 0.1) is 31.9 Å². The van der Waals surface area contributed by atoms with Crippen molar-refractivity contribution in [3.05, 3.63) is 72.8 Å². The Morgan fingerprint density at radius 2 is 1.56 bits per heavy atom. The van der Waals surface area contributed by atoms with Gasteiger partial charge >= 0.3 is 0 Å². The smallest absolute Gasteiger partial charge is 0.245 e. The number of sulfonamides is 1. The maximum Gasteiger partial charge on any atom is 0.245 e. The molecule has 0 aliphatic rings. The molecule has 0 unspecified atom stereocenters. The molecule has 0 saturated carbocycles. The average molecular weight is 457 g/mol. The van der Waals surface area contributed by atoms with E-state index < -0.39 is 22.5 Å².